The number of amides is 4. The van der Waals surface area contributed by atoms with E-state index in [0.29, 0.717) is 56.4 Å². The summed E-state index contributed by atoms with van der Waals surface area (Å²) >= 11 is 1.43. The number of aromatic nitrogens is 3. The van der Waals surface area contributed by atoms with Gasteiger partial charge in [0.05, 0.1) is 34.8 Å². The van der Waals surface area contributed by atoms with Gasteiger partial charge in [-0.25, -0.2) is 15.2 Å². The van der Waals surface area contributed by atoms with E-state index < -0.39 is 35.4 Å². The third kappa shape index (κ3) is 9.05. The highest BCUT2D eigenvalue weighted by molar-refractivity contribution is 7.10. The third-order valence-electron chi connectivity index (χ3n) is 12.6. The van der Waals surface area contributed by atoms with Crippen molar-refractivity contribution in [2.75, 3.05) is 40.4 Å². The first-order valence-corrected chi connectivity index (χ1v) is 22.7. The zero-order valence-electron chi connectivity index (χ0n) is 37.1. The maximum atomic E-state index is 14.5. The number of cyclic esters (lactones) is 1. The average Bonchev–Trinajstić information content (AvgIpc) is 3.82. The van der Waals surface area contributed by atoms with Crippen molar-refractivity contribution in [2.45, 2.75) is 111 Å². The molecule has 2 fully saturated rings. The zero-order valence-corrected chi connectivity index (χ0v) is 37.9. The van der Waals surface area contributed by atoms with Crippen molar-refractivity contribution in [3.8, 4) is 22.5 Å². The number of pyridine rings is 1. The molecule has 3 aromatic heterocycles. The molecule has 15 heteroatoms. The smallest absolute Gasteiger partial charge is 0.324 e. The van der Waals surface area contributed by atoms with Gasteiger partial charge in [-0.3, -0.25) is 24.4 Å². The molecule has 328 valence electrons. The van der Waals surface area contributed by atoms with Gasteiger partial charge in [-0.1, -0.05) is 40.7 Å². The van der Waals surface area contributed by atoms with E-state index in [-0.39, 0.29) is 37.0 Å². The number of rotatable bonds is 9. The minimum absolute atomic E-state index is 0.120. The molecule has 3 aliphatic rings. The second kappa shape index (κ2) is 18.2. The lowest BCUT2D eigenvalue weighted by Crippen LogP contribution is -2.63. The standard InChI is InChI=1S/C46H62N8O6S/c1-10-29-23-52(24-29)45(58)51(8)40(27(3)4)42(55)49-35-21-38-48-36(25-61-38)30-16-17-37-32(20-30)33(41(53(37)11-2)31-14-12-18-47-39(31)28(5)59-9)22-46(6,7)26-60-44(57)34-15-13-19-54(50-34)43(35)56/h12,14,16-18,20,25,27-29,34-35,40,50H,10-11,13,15,19,21-24,26H2,1-9H3,(H,49,55)/t28-,34-,35-,40-/m0/s1. The van der Waals surface area contributed by atoms with Crippen LogP contribution in [0.1, 0.15) is 90.1 Å². The van der Waals surface area contributed by atoms with E-state index in [2.05, 4.69) is 67.3 Å². The fourth-order valence-electron chi connectivity index (χ4n) is 9.07. The molecule has 6 bridgehead atoms. The molecule has 0 radical (unpaired) electrons. The number of benzene rings is 1. The largest absolute Gasteiger partial charge is 0.464 e. The molecule has 0 saturated carbocycles. The van der Waals surface area contributed by atoms with Gasteiger partial charge in [0, 0.05) is 85.8 Å². The minimum Gasteiger partial charge on any atom is -0.464 e. The Morgan fingerprint density at radius 1 is 1.15 bits per heavy atom. The molecule has 0 aliphatic carbocycles. The number of fused-ring (bicyclic) bond motifs is 6. The summed E-state index contributed by atoms with van der Waals surface area (Å²) < 4.78 is 14.2. The van der Waals surface area contributed by atoms with Crippen LogP contribution in [0.2, 0.25) is 0 Å². The van der Waals surface area contributed by atoms with Crippen molar-refractivity contribution >= 4 is 46.1 Å². The lowest BCUT2D eigenvalue weighted by molar-refractivity contribution is -0.155. The molecule has 2 saturated heterocycles. The highest BCUT2D eigenvalue weighted by Gasteiger charge is 2.40. The van der Waals surface area contributed by atoms with Crippen molar-refractivity contribution in [1.29, 1.82) is 0 Å². The molecule has 1 aromatic carbocycles. The van der Waals surface area contributed by atoms with Crippen molar-refractivity contribution in [2.24, 2.45) is 17.3 Å². The van der Waals surface area contributed by atoms with Crippen LogP contribution < -0.4 is 10.7 Å². The van der Waals surface area contributed by atoms with E-state index in [9.17, 15) is 19.2 Å². The maximum absolute atomic E-state index is 14.5. The fourth-order valence-corrected chi connectivity index (χ4v) is 9.92. The molecule has 3 aliphatic heterocycles. The molecule has 0 unspecified atom stereocenters. The quantitative estimate of drug-likeness (QED) is 0.177. The Bertz CT molecular complexity index is 2260. The predicted molar refractivity (Wildman–Crippen MR) is 236 cm³/mol. The SMILES string of the molecule is CCC1CN(C(=O)N(C)[C@H](C(=O)N[C@H]2Cc3nc(cs3)-c3ccc4c(c3)c(c(-c3cccnc3[C@H](C)OC)n4CC)CC(C)(C)COC(=O)[C@@H]3CCCN(N3)C2=O)C(C)C)C1. The first-order chi connectivity index (χ1) is 29.1. The molecule has 7 rings (SSSR count). The van der Waals surface area contributed by atoms with Gasteiger partial charge in [0.2, 0.25) is 5.91 Å². The Balaban J connectivity index is 1.29. The van der Waals surface area contributed by atoms with Gasteiger partial charge in [-0.2, -0.15) is 0 Å². The number of hydrogen-bond donors (Lipinski definition) is 2. The number of likely N-dealkylation sites (N-methyl/N-ethyl adjacent to an activating group) is 1. The molecule has 6 heterocycles. The number of methoxy groups -OCH3 is 1. The highest BCUT2D eigenvalue weighted by atomic mass is 32.1. The Morgan fingerprint density at radius 2 is 1.92 bits per heavy atom. The number of nitrogens with one attached hydrogen (secondary N) is 2. The third-order valence-corrected chi connectivity index (χ3v) is 13.5. The van der Waals surface area contributed by atoms with Crippen LogP contribution in [0.5, 0.6) is 0 Å². The summed E-state index contributed by atoms with van der Waals surface area (Å²) in [6, 6.07) is 7.67. The van der Waals surface area contributed by atoms with Crippen molar-refractivity contribution < 1.29 is 28.7 Å². The summed E-state index contributed by atoms with van der Waals surface area (Å²) in [5.41, 5.74) is 9.42. The summed E-state index contributed by atoms with van der Waals surface area (Å²) in [7, 11) is 3.35. The molecule has 14 nitrogen and oxygen atoms in total. The van der Waals surface area contributed by atoms with Gasteiger partial charge in [0.1, 0.15) is 18.1 Å². The average molecular weight is 855 g/mol. The number of nitrogens with zero attached hydrogens (tertiary/aromatic N) is 6. The Kier molecular flexibility index (Phi) is 13.2. The number of carbonyl (C=O) groups is 4. The van der Waals surface area contributed by atoms with E-state index in [1.165, 1.54) is 21.2 Å². The number of aryl methyl sites for hydroxylation is 1. The second-order valence-corrected chi connectivity index (χ2v) is 19.0. The minimum atomic E-state index is -1.02. The van der Waals surface area contributed by atoms with Gasteiger partial charge in [-0.15, -0.1) is 11.3 Å². The summed E-state index contributed by atoms with van der Waals surface area (Å²) in [5.74, 6) is -1.01. The second-order valence-electron chi connectivity index (χ2n) is 18.0. The van der Waals surface area contributed by atoms with E-state index in [0.717, 1.165) is 51.1 Å². The predicted octanol–water partition coefficient (Wildman–Crippen LogP) is 6.62. The molecule has 4 atom stereocenters. The van der Waals surface area contributed by atoms with Gasteiger partial charge in [0.15, 0.2) is 0 Å². The van der Waals surface area contributed by atoms with Crippen LogP contribution in [0.25, 0.3) is 33.4 Å². The first kappa shape index (κ1) is 44.2. The van der Waals surface area contributed by atoms with E-state index in [1.54, 1.807) is 25.3 Å². The van der Waals surface area contributed by atoms with Crippen LogP contribution in [0, 0.1) is 17.3 Å². The normalized spacial score (nSPS) is 20.8. The molecule has 4 amide bonds. The number of urea groups is 1. The highest BCUT2D eigenvalue weighted by Crippen LogP contribution is 2.42. The molecule has 0 spiro atoms. The van der Waals surface area contributed by atoms with E-state index in [4.69, 9.17) is 19.4 Å². The number of thiazole rings is 1. The number of hydrogen-bond acceptors (Lipinski definition) is 10. The summed E-state index contributed by atoms with van der Waals surface area (Å²) in [5, 5.41) is 8.22. The molecule has 61 heavy (non-hydrogen) atoms. The van der Waals surface area contributed by atoms with E-state index >= 15 is 0 Å². The maximum Gasteiger partial charge on any atom is 0.324 e. The number of ether oxygens (including phenoxy) is 2. The fraction of sp³-hybridized carbons (Fsp3) is 0.565. The van der Waals surface area contributed by atoms with E-state index in [1.807, 2.05) is 32.2 Å². The topological polar surface area (TPSA) is 151 Å². The summed E-state index contributed by atoms with van der Waals surface area (Å²) in [4.78, 5) is 69.3. The van der Waals surface area contributed by atoms with Crippen LogP contribution >= 0.6 is 11.3 Å². The Hall–Kier alpha value is -4.86. The monoisotopic (exact) mass is 854 g/mol. The van der Waals surface area contributed by atoms with Gasteiger partial charge in [-0.05, 0) is 81.2 Å². The van der Waals surface area contributed by atoms with Gasteiger partial charge < -0.3 is 29.2 Å². The molecule has 2 N–H and O–H groups in total. The number of esters is 1. The lowest BCUT2D eigenvalue weighted by atomic mass is 9.84. The van der Waals surface area contributed by atoms with Crippen LogP contribution in [0.4, 0.5) is 4.79 Å². The van der Waals surface area contributed by atoms with Crippen LogP contribution in [-0.4, -0.2) is 112 Å². The number of carbonyl (C=O) groups excluding carboxylic acids is 4. The summed E-state index contributed by atoms with van der Waals surface area (Å²) in [6.45, 7) is 16.8. The molecule has 4 aromatic rings. The zero-order chi connectivity index (χ0) is 43.7. The molecular weight excluding hydrogens is 793 g/mol. The van der Waals surface area contributed by atoms with Gasteiger partial charge in [0.25, 0.3) is 5.91 Å². The van der Waals surface area contributed by atoms with Crippen molar-refractivity contribution in [1.82, 2.24) is 40.1 Å². The number of hydrazine groups is 1. The lowest BCUT2D eigenvalue weighted by Gasteiger charge is -2.43. The van der Waals surface area contributed by atoms with Crippen LogP contribution in [-0.2, 0) is 43.2 Å². The van der Waals surface area contributed by atoms with Gasteiger partial charge >= 0.3 is 12.0 Å². The van der Waals surface area contributed by atoms with Crippen molar-refractivity contribution in [3.05, 3.63) is 58.2 Å². The Morgan fingerprint density at radius 3 is 2.62 bits per heavy atom. The molecular formula is C46H62N8O6S. The first-order valence-electron chi connectivity index (χ1n) is 21.8. The van der Waals surface area contributed by atoms with Crippen LogP contribution in [0.15, 0.2) is 41.9 Å². The summed E-state index contributed by atoms with van der Waals surface area (Å²) in [6.07, 6.45) is 4.32. The van der Waals surface area contributed by atoms with Crippen molar-refractivity contribution in [3.63, 3.8) is 0 Å². The van der Waals surface area contributed by atoms with Crippen LogP contribution in [0.3, 0.4) is 0 Å². The number of likely N-dealkylation sites (tertiary alicyclic amines) is 1. The Labute approximate surface area is 363 Å².